The van der Waals surface area contributed by atoms with Crippen molar-refractivity contribution in [3.63, 3.8) is 0 Å². The summed E-state index contributed by atoms with van der Waals surface area (Å²) in [6.45, 7) is -2.09. The van der Waals surface area contributed by atoms with E-state index in [-0.39, 0.29) is 5.75 Å². The number of hydrogen-bond donors (Lipinski definition) is 1. The van der Waals surface area contributed by atoms with Crippen LogP contribution in [0.1, 0.15) is 37.7 Å². The van der Waals surface area contributed by atoms with Crippen molar-refractivity contribution in [1.29, 1.82) is 0 Å². The van der Waals surface area contributed by atoms with Crippen molar-refractivity contribution >= 4 is 0 Å². The van der Waals surface area contributed by atoms with Crippen LogP contribution < -0.4 is 14.8 Å². The van der Waals surface area contributed by atoms with Gasteiger partial charge in [0.05, 0.1) is 7.11 Å². The van der Waals surface area contributed by atoms with Gasteiger partial charge >= 0.3 is 6.61 Å². The lowest BCUT2D eigenvalue weighted by Crippen LogP contribution is -2.38. The third-order valence-electron chi connectivity index (χ3n) is 6.44. The Kier molecular flexibility index (Phi) is 4.37. The zero-order valence-electron chi connectivity index (χ0n) is 14.0. The molecule has 0 radical (unpaired) electrons. The Hall–Kier alpha value is -1.36. The van der Waals surface area contributed by atoms with Crippen molar-refractivity contribution in [2.45, 2.75) is 51.3 Å². The largest absolute Gasteiger partial charge is 0.493 e. The lowest BCUT2D eigenvalue weighted by molar-refractivity contribution is -0.0512. The highest BCUT2D eigenvalue weighted by Gasteiger charge is 2.53. The van der Waals surface area contributed by atoms with E-state index in [1.54, 1.807) is 12.1 Å². The van der Waals surface area contributed by atoms with Crippen LogP contribution in [0.3, 0.4) is 0 Å². The van der Waals surface area contributed by atoms with E-state index in [1.165, 1.54) is 39.2 Å². The monoisotopic (exact) mass is 337 g/mol. The van der Waals surface area contributed by atoms with Crippen molar-refractivity contribution in [3.8, 4) is 11.5 Å². The van der Waals surface area contributed by atoms with E-state index < -0.39 is 6.61 Å². The molecule has 2 bridgehead atoms. The molecule has 1 aromatic carbocycles. The Morgan fingerprint density at radius 2 is 1.96 bits per heavy atom. The van der Waals surface area contributed by atoms with E-state index >= 15 is 0 Å². The molecular weight excluding hydrogens is 312 g/mol. The third kappa shape index (κ3) is 2.87. The number of ether oxygens (including phenoxy) is 2. The lowest BCUT2D eigenvalue weighted by Gasteiger charge is -2.32. The normalized spacial score (nSPS) is 33.9. The van der Waals surface area contributed by atoms with E-state index in [1.807, 2.05) is 6.07 Å². The molecule has 0 aromatic heterocycles. The number of hydrogen-bond acceptors (Lipinski definition) is 3. The summed E-state index contributed by atoms with van der Waals surface area (Å²) < 4.78 is 34.4. The minimum atomic E-state index is -2.84. The predicted octanol–water partition coefficient (Wildman–Crippen LogP) is 4.21. The molecule has 3 nitrogen and oxygen atoms in total. The van der Waals surface area contributed by atoms with Crippen molar-refractivity contribution in [2.24, 2.45) is 23.7 Å². The van der Waals surface area contributed by atoms with Gasteiger partial charge in [-0.25, -0.2) is 0 Å². The molecule has 5 atom stereocenters. The van der Waals surface area contributed by atoms with Crippen molar-refractivity contribution in [1.82, 2.24) is 5.32 Å². The fourth-order valence-electron chi connectivity index (χ4n) is 5.57. The van der Waals surface area contributed by atoms with Crippen LogP contribution in [0, 0.1) is 23.7 Å². The third-order valence-corrected chi connectivity index (χ3v) is 6.44. The summed E-state index contributed by atoms with van der Waals surface area (Å²) in [5.41, 5.74) is 1.04. The number of methoxy groups -OCH3 is 1. The molecule has 0 spiro atoms. The highest BCUT2D eigenvalue weighted by atomic mass is 19.3. The summed E-state index contributed by atoms with van der Waals surface area (Å²) in [4.78, 5) is 0. The SMILES string of the molecule is COc1cc(CN[C@H]2C[C@H]3C[C@@H]2[C@H]2CCC[C@H]32)ccc1OC(F)F. The number of fused-ring (bicyclic) bond motifs is 5. The first-order chi connectivity index (χ1) is 11.7. The summed E-state index contributed by atoms with van der Waals surface area (Å²) in [5, 5.41) is 3.71. The van der Waals surface area contributed by atoms with Gasteiger partial charge in [-0.2, -0.15) is 8.78 Å². The van der Waals surface area contributed by atoms with Crippen LogP contribution in [0.15, 0.2) is 18.2 Å². The van der Waals surface area contributed by atoms with Gasteiger partial charge in [0.15, 0.2) is 11.5 Å². The zero-order valence-corrected chi connectivity index (χ0v) is 14.0. The van der Waals surface area contributed by atoms with Gasteiger partial charge in [0, 0.05) is 12.6 Å². The van der Waals surface area contributed by atoms with Crippen molar-refractivity contribution < 1.29 is 18.3 Å². The fourth-order valence-corrected chi connectivity index (χ4v) is 5.57. The van der Waals surface area contributed by atoms with Gasteiger partial charge in [0.25, 0.3) is 0 Å². The zero-order chi connectivity index (χ0) is 16.7. The average molecular weight is 337 g/mol. The van der Waals surface area contributed by atoms with Crippen LogP contribution in [0.2, 0.25) is 0 Å². The highest BCUT2D eigenvalue weighted by Crippen LogP contribution is 2.58. The quantitative estimate of drug-likeness (QED) is 0.843. The summed E-state index contributed by atoms with van der Waals surface area (Å²) in [7, 11) is 1.47. The van der Waals surface area contributed by atoms with Crippen LogP contribution in [-0.2, 0) is 6.54 Å². The van der Waals surface area contributed by atoms with Crippen LogP contribution in [0.5, 0.6) is 11.5 Å². The molecule has 3 fully saturated rings. The predicted molar refractivity (Wildman–Crippen MR) is 87.3 cm³/mol. The van der Waals surface area contributed by atoms with E-state index in [0.717, 1.165) is 35.8 Å². The van der Waals surface area contributed by atoms with Gasteiger partial charge < -0.3 is 14.8 Å². The number of halogens is 2. The average Bonchev–Trinajstić information content (AvgIpc) is 3.26. The fraction of sp³-hybridized carbons (Fsp3) is 0.684. The molecule has 0 amide bonds. The van der Waals surface area contributed by atoms with Crippen LogP contribution in [0.4, 0.5) is 8.78 Å². The van der Waals surface area contributed by atoms with E-state index in [0.29, 0.717) is 11.8 Å². The van der Waals surface area contributed by atoms with Crippen LogP contribution >= 0.6 is 0 Å². The molecule has 1 aromatic rings. The maximum Gasteiger partial charge on any atom is 0.387 e. The minimum Gasteiger partial charge on any atom is -0.493 e. The Labute approximate surface area is 141 Å². The molecule has 3 saturated carbocycles. The number of alkyl halides is 2. The van der Waals surface area contributed by atoms with Gasteiger partial charge in [-0.05, 0) is 67.1 Å². The van der Waals surface area contributed by atoms with Crippen LogP contribution in [-0.4, -0.2) is 19.8 Å². The standard InChI is InChI=1S/C19H25F2NO2/c1-23-18-7-11(5-6-17(18)24-19(20)21)10-22-16-9-12-8-15(16)14-4-2-3-13(12)14/h5-7,12-16,19,22H,2-4,8-10H2,1H3/t12-,13-,14+,15-,16+/m1/s1. The second-order valence-electron chi connectivity index (χ2n) is 7.51. The molecular formula is C19H25F2NO2. The number of benzene rings is 1. The van der Waals surface area contributed by atoms with Gasteiger partial charge in [-0.15, -0.1) is 0 Å². The Bertz CT molecular complexity index is 595. The maximum absolute atomic E-state index is 12.4. The van der Waals surface area contributed by atoms with Crippen molar-refractivity contribution in [3.05, 3.63) is 23.8 Å². The molecule has 24 heavy (non-hydrogen) atoms. The topological polar surface area (TPSA) is 30.5 Å². The molecule has 3 aliphatic carbocycles. The number of rotatable bonds is 6. The molecule has 0 saturated heterocycles. The Morgan fingerprint density at radius 3 is 2.75 bits per heavy atom. The molecule has 0 unspecified atom stereocenters. The van der Waals surface area contributed by atoms with E-state index in [9.17, 15) is 8.78 Å². The Morgan fingerprint density at radius 1 is 1.12 bits per heavy atom. The Balaban J connectivity index is 1.38. The van der Waals surface area contributed by atoms with E-state index in [4.69, 9.17) is 4.74 Å². The highest BCUT2D eigenvalue weighted by molar-refractivity contribution is 5.43. The summed E-state index contributed by atoms with van der Waals surface area (Å²) in [5.74, 6) is 4.15. The summed E-state index contributed by atoms with van der Waals surface area (Å²) >= 11 is 0. The number of nitrogens with one attached hydrogen (secondary N) is 1. The van der Waals surface area contributed by atoms with E-state index in [2.05, 4.69) is 10.1 Å². The molecule has 5 heteroatoms. The molecule has 0 aliphatic heterocycles. The van der Waals surface area contributed by atoms with Crippen molar-refractivity contribution in [2.75, 3.05) is 7.11 Å². The van der Waals surface area contributed by atoms with Gasteiger partial charge in [0.1, 0.15) is 0 Å². The first-order valence-corrected chi connectivity index (χ1v) is 9.01. The summed E-state index contributed by atoms with van der Waals surface area (Å²) in [6, 6.07) is 5.79. The molecule has 4 rings (SSSR count). The second-order valence-corrected chi connectivity index (χ2v) is 7.51. The second kappa shape index (κ2) is 6.51. The molecule has 132 valence electrons. The smallest absolute Gasteiger partial charge is 0.387 e. The minimum absolute atomic E-state index is 0.0879. The molecule has 0 heterocycles. The first-order valence-electron chi connectivity index (χ1n) is 9.01. The van der Waals surface area contributed by atoms with Crippen LogP contribution in [0.25, 0.3) is 0 Å². The summed E-state index contributed by atoms with van der Waals surface area (Å²) in [6.07, 6.45) is 6.98. The molecule has 3 aliphatic rings. The van der Waals surface area contributed by atoms with Gasteiger partial charge in [-0.3, -0.25) is 0 Å². The first kappa shape index (κ1) is 16.1. The maximum atomic E-state index is 12.4. The lowest BCUT2D eigenvalue weighted by atomic mass is 9.79. The van der Waals surface area contributed by atoms with Gasteiger partial charge in [0.2, 0.25) is 0 Å². The van der Waals surface area contributed by atoms with Gasteiger partial charge in [-0.1, -0.05) is 12.5 Å². The molecule has 1 N–H and O–H groups in total.